The Morgan fingerprint density at radius 3 is 2.26 bits per heavy atom. The molecular formula is C11H11NO6S. The van der Waals surface area contributed by atoms with Crippen LogP contribution in [-0.2, 0) is 21.6 Å². The first-order valence-corrected chi connectivity index (χ1v) is 6.42. The van der Waals surface area contributed by atoms with E-state index in [1.807, 2.05) is 30.3 Å². The van der Waals surface area contributed by atoms with E-state index in [-0.39, 0.29) is 6.42 Å². The monoisotopic (exact) mass is 285 g/mol. The standard InChI is InChI=1S/C11H9NO2.H2O4S/c13-11(14)7-9-6-5-8-3-1-2-4-10(8)12-9;1-5(2,3)4/h1-6H,7H2,(H,13,14);(H2,1,2,3,4). The number of nitrogens with zero attached hydrogens (tertiary/aromatic N) is 1. The number of fused-ring (bicyclic) bond motifs is 1. The van der Waals surface area contributed by atoms with Crippen LogP contribution in [0.25, 0.3) is 10.9 Å². The van der Waals surface area contributed by atoms with Gasteiger partial charge in [-0.05, 0) is 12.1 Å². The fourth-order valence-corrected chi connectivity index (χ4v) is 1.36. The summed E-state index contributed by atoms with van der Waals surface area (Å²) in [6.45, 7) is 0. The highest BCUT2D eigenvalue weighted by Crippen LogP contribution is 2.11. The van der Waals surface area contributed by atoms with Crippen LogP contribution in [0, 0.1) is 0 Å². The molecule has 19 heavy (non-hydrogen) atoms. The lowest BCUT2D eigenvalue weighted by Crippen LogP contribution is -2.01. The normalized spacial score (nSPS) is 10.6. The molecule has 0 aliphatic rings. The molecule has 102 valence electrons. The molecule has 0 saturated carbocycles. The van der Waals surface area contributed by atoms with Crippen molar-refractivity contribution in [1.29, 1.82) is 0 Å². The predicted octanol–water partition coefficient (Wildman–Crippen LogP) is 1.21. The number of para-hydroxylation sites is 1. The molecule has 0 bridgehead atoms. The zero-order valence-electron chi connectivity index (χ0n) is 9.59. The number of pyridine rings is 1. The molecule has 2 aromatic rings. The largest absolute Gasteiger partial charge is 0.481 e. The number of rotatable bonds is 2. The highest BCUT2D eigenvalue weighted by atomic mass is 32.3. The van der Waals surface area contributed by atoms with Crippen molar-refractivity contribution in [3.63, 3.8) is 0 Å². The number of hydrogen-bond acceptors (Lipinski definition) is 4. The van der Waals surface area contributed by atoms with Crippen molar-refractivity contribution in [2.24, 2.45) is 0 Å². The van der Waals surface area contributed by atoms with Crippen molar-refractivity contribution < 1.29 is 27.4 Å². The van der Waals surface area contributed by atoms with Crippen molar-refractivity contribution in [2.45, 2.75) is 6.42 Å². The minimum atomic E-state index is -4.67. The molecule has 1 aromatic heterocycles. The van der Waals surface area contributed by atoms with E-state index in [1.165, 1.54) is 0 Å². The van der Waals surface area contributed by atoms with E-state index in [4.69, 9.17) is 22.6 Å². The summed E-state index contributed by atoms with van der Waals surface area (Å²) >= 11 is 0. The quantitative estimate of drug-likeness (QED) is 0.708. The lowest BCUT2D eigenvalue weighted by Gasteiger charge is -1.99. The van der Waals surface area contributed by atoms with Gasteiger partial charge in [-0.15, -0.1) is 0 Å². The van der Waals surface area contributed by atoms with Gasteiger partial charge in [0.05, 0.1) is 17.6 Å². The van der Waals surface area contributed by atoms with Crippen molar-refractivity contribution in [1.82, 2.24) is 4.98 Å². The fraction of sp³-hybridized carbons (Fsp3) is 0.0909. The third kappa shape index (κ3) is 6.46. The highest BCUT2D eigenvalue weighted by Gasteiger charge is 2.02. The third-order valence-electron chi connectivity index (χ3n) is 1.99. The maximum Gasteiger partial charge on any atom is 0.394 e. The second-order valence-corrected chi connectivity index (χ2v) is 4.41. The first-order valence-electron chi connectivity index (χ1n) is 5.02. The number of carboxylic acid groups (broad SMARTS) is 1. The molecule has 8 heteroatoms. The molecule has 0 aliphatic carbocycles. The maximum absolute atomic E-state index is 10.5. The van der Waals surface area contributed by atoms with Crippen LogP contribution in [0.5, 0.6) is 0 Å². The summed E-state index contributed by atoms with van der Waals surface area (Å²) in [6.07, 6.45) is -0.0230. The molecule has 0 fully saturated rings. The van der Waals surface area contributed by atoms with Gasteiger partial charge in [-0.25, -0.2) is 0 Å². The van der Waals surface area contributed by atoms with Gasteiger partial charge >= 0.3 is 16.4 Å². The van der Waals surface area contributed by atoms with E-state index in [2.05, 4.69) is 4.98 Å². The smallest absolute Gasteiger partial charge is 0.394 e. The summed E-state index contributed by atoms with van der Waals surface area (Å²) < 4.78 is 31.6. The Balaban J connectivity index is 0.000000312. The van der Waals surface area contributed by atoms with Crippen LogP contribution in [0.4, 0.5) is 0 Å². The molecule has 0 radical (unpaired) electrons. The number of hydrogen-bond donors (Lipinski definition) is 3. The highest BCUT2D eigenvalue weighted by molar-refractivity contribution is 7.79. The Bertz CT molecular complexity index is 674. The van der Waals surface area contributed by atoms with Crippen LogP contribution < -0.4 is 0 Å². The minimum Gasteiger partial charge on any atom is -0.481 e. The predicted molar refractivity (Wildman–Crippen MR) is 67.3 cm³/mol. The van der Waals surface area contributed by atoms with E-state index >= 15 is 0 Å². The number of carbonyl (C=O) groups is 1. The van der Waals surface area contributed by atoms with Gasteiger partial charge in [-0.2, -0.15) is 8.42 Å². The van der Waals surface area contributed by atoms with Crippen molar-refractivity contribution >= 4 is 27.3 Å². The molecule has 0 spiro atoms. The van der Waals surface area contributed by atoms with E-state index in [0.717, 1.165) is 10.9 Å². The molecule has 0 amide bonds. The van der Waals surface area contributed by atoms with Crippen LogP contribution in [-0.4, -0.2) is 33.6 Å². The van der Waals surface area contributed by atoms with Crippen LogP contribution in [0.2, 0.25) is 0 Å². The first kappa shape index (κ1) is 15.0. The average molecular weight is 285 g/mol. The maximum atomic E-state index is 10.5. The van der Waals surface area contributed by atoms with Crippen molar-refractivity contribution in [3.8, 4) is 0 Å². The van der Waals surface area contributed by atoms with Gasteiger partial charge in [0, 0.05) is 5.39 Å². The Hall–Kier alpha value is -2.03. The number of benzene rings is 1. The Morgan fingerprint density at radius 1 is 1.11 bits per heavy atom. The zero-order chi connectivity index (χ0) is 14.5. The van der Waals surface area contributed by atoms with Gasteiger partial charge in [0.1, 0.15) is 0 Å². The molecule has 3 N–H and O–H groups in total. The summed E-state index contributed by atoms with van der Waals surface area (Å²) in [5.41, 5.74) is 1.43. The molecule has 0 atom stereocenters. The average Bonchev–Trinajstić information content (AvgIpc) is 2.26. The van der Waals surface area contributed by atoms with E-state index in [0.29, 0.717) is 5.69 Å². The summed E-state index contributed by atoms with van der Waals surface area (Å²) in [6, 6.07) is 11.3. The van der Waals surface area contributed by atoms with Gasteiger partial charge in [0.2, 0.25) is 0 Å². The third-order valence-corrected chi connectivity index (χ3v) is 1.99. The second kappa shape index (κ2) is 6.23. The molecule has 2 rings (SSSR count). The van der Waals surface area contributed by atoms with Gasteiger partial charge in [0.15, 0.2) is 0 Å². The van der Waals surface area contributed by atoms with Crippen molar-refractivity contribution in [2.75, 3.05) is 0 Å². The molecule has 0 unspecified atom stereocenters. The number of aromatic nitrogens is 1. The van der Waals surface area contributed by atoms with Gasteiger partial charge in [0.25, 0.3) is 0 Å². The molecule has 0 saturated heterocycles. The topological polar surface area (TPSA) is 125 Å². The molecule has 1 heterocycles. The molecule has 1 aromatic carbocycles. The summed E-state index contributed by atoms with van der Waals surface area (Å²) in [5, 5.41) is 9.63. The van der Waals surface area contributed by atoms with Gasteiger partial charge in [-0.1, -0.05) is 24.3 Å². The van der Waals surface area contributed by atoms with Crippen LogP contribution in [0.15, 0.2) is 36.4 Å². The summed E-state index contributed by atoms with van der Waals surface area (Å²) in [7, 11) is -4.67. The number of aliphatic carboxylic acids is 1. The minimum absolute atomic E-state index is 0.0230. The van der Waals surface area contributed by atoms with E-state index in [1.54, 1.807) is 6.07 Å². The van der Waals surface area contributed by atoms with Crippen LogP contribution in [0.1, 0.15) is 5.69 Å². The molecular weight excluding hydrogens is 274 g/mol. The first-order chi connectivity index (χ1) is 8.75. The lowest BCUT2D eigenvalue weighted by atomic mass is 10.2. The SMILES string of the molecule is O=C(O)Cc1ccc2ccccc2n1.O=S(=O)(O)O. The second-order valence-electron chi connectivity index (χ2n) is 3.51. The van der Waals surface area contributed by atoms with Gasteiger partial charge < -0.3 is 5.11 Å². The van der Waals surface area contributed by atoms with Crippen LogP contribution in [0.3, 0.4) is 0 Å². The van der Waals surface area contributed by atoms with E-state index in [9.17, 15) is 4.79 Å². The summed E-state index contributed by atoms with van der Waals surface area (Å²) in [5.74, 6) is -0.854. The lowest BCUT2D eigenvalue weighted by molar-refractivity contribution is -0.136. The Kier molecular flexibility index (Phi) is 4.93. The van der Waals surface area contributed by atoms with Crippen molar-refractivity contribution in [3.05, 3.63) is 42.1 Å². The van der Waals surface area contributed by atoms with Crippen LogP contribution >= 0.6 is 0 Å². The number of carboxylic acids is 1. The Labute approximate surface area is 109 Å². The Morgan fingerprint density at radius 2 is 1.68 bits per heavy atom. The molecule has 0 aliphatic heterocycles. The zero-order valence-corrected chi connectivity index (χ0v) is 10.4. The molecule has 7 nitrogen and oxygen atoms in total. The van der Waals surface area contributed by atoms with Gasteiger partial charge in [-0.3, -0.25) is 18.9 Å². The summed E-state index contributed by atoms with van der Waals surface area (Å²) in [4.78, 5) is 14.7. The fourth-order valence-electron chi connectivity index (χ4n) is 1.36. The van der Waals surface area contributed by atoms with E-state index < -0.39 is 16.4 Å².